The van der Waals surface area contributed by atoms with Gasteiger partial charge in [0.05, 0.1) is 36.4 Å². The van der Waals surface area contributed by atoms with Gasteiger partial charge in [-0.05, 0) is 62.2 Å². The summed E-state index contributed by atoms with van der Waals surface area (Å²) >= 11 is 0. The van der Waals surface area contributed by atoms with Gasteiger partial charge in [-0.1, -0.05) is 6.07 Å². The number of carbonyl (C=O) groups is 1. The Kier molecular flexibility index (Phi) is 6.66. The van der Waals surface area contributed by atoms with Crippen molar-refractivity contribution < 1.29 is 32.2 Å². The molecule has 1 aliphatic rings. The van der Waals surface area contributed by atoms with Gasteiger partial charge in [-0.15, -0.1) is 0 Å². The van der Waals surface area contributed by atoms with Crippen molar-refractivity contribution in [3.8, 4) is 5.69 Å². The molecule has 184 valence electrons. The summed E-state index contributed by atoms with van der Waals surface area (Å²) in [7, 11) is 0. The number of hydrogen-bond acceptors (Lipinski definition) is 4. The largest absolute Gasteiger partial charge is 0.483 e. The minimum absolute atomic E-state index is 0.000363. The molecule has 0 saturated carbocycles. The number of rotatable bonds is 5. The Morgan fingerprint density at radius 2 is 1.83 bits per heavy atom. The molecule has 6 nitrogen and oxygen atoms in total. The average Bonchev–Trinajstić information content (AvgIpc) is 3.21. The molecule has 10 heteroatoms. The number of aliphatic hydroxyl groups excluding tert-OH is 1. The van der Waals surface area contributed by atoms with Crippen molar-refractivity contribution in [3.05, 3.63) is 88.7 Å². The van der Waals surface area contributed by atoms with E-state index in [0.29, 0.717) is 5.56 Å². The van der Waals surface area contributed by atoms with E-state index in [2.05, 4.69) is 4.98 Å². The van der Waals surface area contributed by atoms with Gasteiger partial charge < -0.3 is 19.3 Å². The van der Waals surface area contributed by atoms with E-state index in [1.807, 2.05) is 0 Å². The molecule has 2 heterocycles. The fourth-order valence-electron chi connectivity index (χ4n) is 4.13. The Hall–Kier alpha value is -3.66. The fourth-order valence-corrected chi connectivity index (χ4v) is 4.13. The number of ether oxygens (including phenoxy) is 1. The number of benzene rings is 2. The van der Waals surface area contributed by atoms with Crippen LogP contribution in [0.3, 0.4) is 0 Å². The standard InChI is InChI=1S/C25H23F4N3O3/c1-13-10-31(12-30-13)21-5-4-16(6-18(21)26)7-22-25(34)32(11-14(2)35-22)24(15(3)33)17-8-19(27)23(29)20(28)9-17/h4-10,12,14-15,24,33H,11H2,1-3H3/t14?,15-,24+/m1/s1. The van der Waals surface area contributed by atoms with Gasteiger partial charge in [-0.2, -0.15) is 0 Å². The molecule has 0 aliphatic carbocycles. The first-order chi connectivity index (χ1) is 16.5. The van der Waals surface area contributed by atoms with Crippen molar-refractivity contribution in [1.82, 2.24) is 14.5 Å². The van der Waals surface area contributed by atoms with E-state index in [1.54, 1.807) is 26.1 Å². The second kappa shape index (κ2) is 9.53. The van der Waals surface area contributed by atoms with Crippen molar-refractivity contribution in [1.29, 1.82) is 0 Å². The van der Waals surface area contributed by atoms with Crippen LogP contribution in [-0.2, 0) is 9.53 Å². The average molecular weight is 489 g/mol. The van der Waals surface area contributed by atoms with Crippen LogP contribution in [0.5, 0.6) is 0 Å². The van der Waals surface area contributed by atoms with E-state index < -0.39 is 47.4 Å². The van der Waals surface area contributed by atoms with Gasteiger partial charge in [0.15, 0.2) is 23.2 Å². The lowest BCUT2D eigenvalue weighted by Crippen LogP contribution is -2.48. The quantitative estimate of drug-likeness (QED) is 0.327. The van der Waals surface area contributed by atoms with Gasteiger partial charge in [0.1, 0.15) is 11.9 Å². The highest BCUT2D eigenvalue weighted by Gasteiger charge is 2.37. The summed E-state index contributed by atoms with van der Waals surface area (Å²) in [5.74, 6) is -5.87. The number of aliphatic hydroxyl groups is 1. The van der Waals surface area contributed by atoms with Crippen LogP contribution in [-0.4, -0.2) is 44.2 Å². The lowest BCUT2D eigenvalue weighted by molar-refractivity contribution is -0.145. The number of imidazole rings is 1. The third-order valence-corrected chi connectivity index (χ3v) is 5.65. The maximum absolute atomic E-state index is 14.8. The number of morpholine rings is 1. The highest BCUT2D eigenvalue weighted by Crippen LogP contribution is 2.32. The summed E-state index contributed by atoms with van der Waals surface area (Å²) in [4.78, 5) is 18.5. The van der Waals surface area contributed by atoms with Crippen LogP contribution in [0, 0.1) is 30.2 Å². The first-order valence-corrected chi connectivity index (χ1v) is 10.9. The summed E-state index contributed by atoms with van der Waals surface area (Å²) in [6, 6.07) is 4.68. The van der Waals surface area contributed by atoms with Gasteiger partial charge in [0.25, 0.3) is 5.91 Å². The van der Waals surface area contributed by atoms with Crippen LogP contribution in [0.15, 0.2) is 48.6 Å². The first-order valence-electron chi connectivity index (χ1n) is 10.9. The van der Waals surface area contributed by atoms with Crippen LogP contribution in [0.4, 0.5) is 17.6 Å². The molecule has 4 rings (SSSR count). The molecule has 3 aromatic rings. The van der Waals surface area contributed by atoms with Crippen molar-refractivity contribution in [2.75, 3.05) is 6.54 Å². The number of halogens is 4. The van der Waals surface area contributed by atoms with Crippen LogP contribution < -0.4 is 0 Å². The molecule has 0 radical (unpaired) electrons. The third-order valence-electron chi connectivity index (χ3n) is 5.65. The summed E-state index contributed by atoms with van der Waals surface area (Å²) in [6.45, 7) is 4.80. The van der Waals surface area contributed by atoms with E-state index in [4.69, 9.17) is 4.74 Å². The van der Waals surface area contributed by atoms with Crippen molar-refractivity contribution in [2.45, 2.75) is 39.0 Å². The van der Waals surface area contributed by atoms with Gasteiger partial charge >= 0.3 is 0 Å². The molecule has 1 aliphatic heterocycles. The minimum atomic E-state index is -1.64. The zero-order valence-corrected chi connectivity index (χ0v) is 19.2. The van der Waals surface area contributed by atoms with Crippen LogP contribution in [0.2, 0.25) is 0 Å². The molecule has 1 fully saturated rings. The number of amides is 1. The van der Waals surface area contributed by atoms with E-state index in [-0.39, 0.29) is 23.6 Å². The summed E-state index contributed by atoms with van der Waals surface area (Å²) in [5.41, 5.74) is 1.23. The lowest BCUT2D eigenvalue weighted by Gasteiger charge is -2.39. The summed E-state index contributed by atoms with van der Waals surface area (Å²) in [6.07, 6.45) is 2.71. The van der Waals surface area contributed by atoms with Crippen LogP contribution in [0.1, 0.15) is 36.7 Å². The van der Waals surface area contributed by atoms with Gasteiger partial charge in [0, 0.05) is 6.20 Å². The molecular weight excluding hydrogens is 466 g/mol. The maximum Gasteiger partial charge on any atom is 0.289 e. The highest BCUT2D eigenvalue weighted by molar-refractivity contribution is 5.96. The molecule has 2 aromatic carbocycles. The van der Waals surface area contributed by atoms with E-state index >= 15 is 0 Å². The van der Waals surface area contributed by atoms with E-state index in [9.17, 15) is 27.5 Å². The number of aromatic nitrogens is 2. The topological polar surface area (TPSA) is 67.6 Å². The Bertz CT molecular complexity index is 1280. The smallest absolute Gasteiger partial charge is 0.289 e. The zero-order valence-electron chi connectivity index (χ0n) is 19.2. The Balaban J connectivity index is 1.67. The third kappa shape index (κ3) is 4.93. The molecule has 1 amide bonds. The highest BCUT2D eigenvalue weighted by atomic mass is 19.2. The molecule has 1 unspecified atom stereocenters. The van der Waals surface area contributed by atoms with E-state index in [0.717, 1.165) is 17.8 Å². The molecular formula is C25H23F4N3O3. The van der Waals surface area contributed by atoms with E-state index in [1.165, 1.54) is 40.9 Å². The number of carbonyl (C=O) groups excluding carboxylic acids is 1. The van der Waals surface area contributed by atoms with Crippen molar-refractivity contribution >= 4 is 12.0 Å². The van der Waals surface area contributed by atoms with Crippen molar-refractivity contribution in [2.24, 2.45) is 0 Å². The summed E-state index contributed by atoms with van der Waals surface area (Å²) < 4.78 is 63.2. The van der Waals surface area contributed by atoms with Gasteiger partial charge in [-0.3, -0.25) is 4.79 Å². The molecule has 0 bridgehead atoms. The molecule has 0 spiro atoms. The van der Waals surface area contributed by atoms with Gasteiger partial charge in [-0.25, -0.2) is 22.5 Å². The van der Waals surface area contributed by atoms with Crippen LogP contribution in [0.25, 0.3) is 11.8 Å². The molecule has 1 saturated heterocycles. The normalized spacial score (nSPS) is 19.1. The maximum atomic E-state index is 14.8. The second-order valence-corrected chi connectivity index (χ2v) is 8.51. The van der Waals surface area contributed by atoms with Crippen LogP contribution >= 0.6 is 0 Å². The number of hydrogen-bond donors (Lipinski definition) is 1. The van der Waals surface area contributed by atoms with Crippen molar-refractivity contribution in [3.63, 3.8) is 0 Å². The molecule has 3 atom stereocenters. The number of aryl methyl sites for hydroxylation is 1. The summed E-state index contributed by atoms with van der Waals surface area (Å²) in [5, 5.41) is 10.4. The predicted molar refractivity (Wildman–Crippen MR) is 119 cm³/mol. The number of nitrogens with zero attached hydrogens (tertiary/aromatic N) is 3. The zero-order chi connectivity index (χ0) is 25.4. The molecule has 1 aromatic heterocycles. The SMILES string of the molecule is Cc1cn(-c2ccc(C=C3OC(C)CN([C@H](c4cc(F)c(F)c(F)c4)[C@@H](C)O)C3=O)cc2F)cn1. The molecule has 1 N–H and O–H groups in total. The molecule has 35 heavy (non-hydrogen) atoms. The van der Waals surface area contributed by atoms with Gasteiger partial charge in [0.2, 0.25) is 0 Å². The fraction of sp³-hybridized carbons (Fsp3) is 0.280. The second-order valence-electron chi connectivity index (χ2n) is 8.51. The first kappa shape index (κ1) is 24.5. The Labute approximate surface area is 199 Å². The lowest BCUT2D eigenvalue weighted by atomic mass is 9.98. The predicted octanol–water partition coefficient (Wildman–Crippen LogP) is 4.45. The minimum Gasteiger partial charge on any atom is -0.483 e. The Morgan fingerprint density at radius 3 is 2.40 bits per heavy atom. The Morgan fingerprint density at radius 1 is 1.14 bits per heavy atom. The monoisotopic (exact) mass is 489 g/mol.